The van der Waals surface area contributed by atoms with Crippen LogP contribution in [-0.2, 0) is 16.2 Å². The second kappa shape index (κ2) is 7.20. The van der Waals surface area contributed by atoms with Gasteiger partial charge in [0.05, 0.1) is 5.56 Å². The monoisotopic (exact) mass is 366 g/mol. The van der Waals surface area contributed by atoms with Crippen molar-refractivity contribution in [3.8, 4) is 0 Å². The molecule has 0 amide bonds. The van der Waals surface area contributed by atoms with E-state index in [1.165, 1.54) is 0 Å². The smallest absolute Gasteiger partial charge is 0.317 e. The molecule has 1 aromatic rings. The summed E-state index contributed by atoms with van der Waals surface area (Å²) >= 11 is 0. The highest BCUT2D eigenvalue weighted by Gasteiger charge is 2.38. The minimum absolute atomic E-state index is 0.374. The Labute approximate surface area is 138 Å². The summed E-state index contributed by atoms with van der Waals surface area (Å²) in [5.41, 5.74) is -1.86. The number of sulfonamides is 1. The van der Waals surface area contributed by atoms with Crippen molar-refractivity contribution in [3.05, 3.63) is 47.8 Å². The predicted octanol–water partition coefficient (Wildman–Crippen LogP) is 2.74. The van der Waals surface area contributed by atoms with Crippen LogP contribution in [0.2, 0.25) is 0 Å². The fraction of sp³-hybridized carbons (Fsp3) is 0.467. The van der Waals surface area contributed by atoms with Crippen LogP contribution in [0.5, 0.6) is 0 Å². The zero-order valence-electron chi connectivity index (χ0n) is 12.7. The molecule has 2 N–H and O–H groups in total. The van der Waals surface area contributed by atoms with Gasteiger partial charge in [-0.05, 0) is 49.7 Å². The van der Waals surface area contributed by atoms with Crippen molar-refractivity contribution in [1.29, 1.82) is 0 Å². The molecule has 1 aromatic carbocycles. The zero-order chi connectivity index (χ0) is 18.0. The van der Waals surface area contributed by atoms with Gasteiger partial charge >= 0.3 is 6.18 Å². The molecule has 24 heavy (non-hydrogen) atoms. The fourth-order valence-electron chi connectivity index (χ4n) is 2.69. The maximum absolute atomic E-state index is 13.5. The van der Waals surface area contributed by atoms with Gasteiger partial charge in [-0.2, -0.15) is 13.2 Å². The summed E-state index contributed by atoms with van der Waals surface area (Å²) in [6, 6.07) is 1.42. The number of nitrogens with one attached hydrogen (secondary N) is 2. The third kappa shape index (κ3) is 4.34. The first-order chi connectivity index (χ1) is 11.1. The average molecular weight is 366 g/mol. The quantitative estimate of drug-likeness (QED) is 0.622. The topological polar surface area (TPSA) is 58.2 Å². The van der Waals surface area contributed by atoms with Crippen LogP contribution >= 0.6 is 0 Å². The van der Waals surface area contributed by atoms with Gasteiger partial charge in [-0.1, -0.05) is 6.08 Å². The molecule has 1 aliphatic heterocycles. The van der Waals surface area contributed by atoms with Crippen LogP contribution in [-0.4, -0.2) is 27.5 Å². The number of hydrogen-bond acceptors (Lipinski definition) is 3. The van der Waals surface area contributed by atoms with Gasteiger partial charge in [0.25, 0.3) is 0 Å². The van der Waals surface area contributed by atoms with Crippen molar-refractivity contribution < 1.29 is 26.0 Å². The highest BCUT2D eigenvalue weighted by molar-refractivity contribution is 7.89. The van der Waals surface area contributed by atoms with Gasteiger partial charge < -0.3 is 5.32 Å². The molecule has 0 spiro atoms. The van der Waals surface area contributed by atoms with Gasteiger partial charge in [-0.3, -0.25) is 0 Å². The molecule has 1 heterocycles. The second-order valence-corrected chi connectivity index (χ2v) is 7.41. The minimum Gasteiger partial charge on any atom is -0.317 e. The molecule has 0 aliphatic carbocycles. The van der Waals surface area contributed by atoms with E-state index in [9.17, 15) is 26.0 Å². The lowest BCUT2D eigenvalue weighted by Gasteiger charge is -2.26. The molecule has 0 bridgehead atoms. The van der Waals surface area contributed by atoms with Crippen LogP contribution in [0.1, 0.15) is 29.2 Å². The second-order valence-electron chi connectivity index (χ2n) is 5.57. The molecule has 0 radical (unpaired) electrons. The van der Waals surface area contributed by atoms with E-state index in [4.69, 9.17) is 0 Å². The molecule has 1 saturated heterocycles. The Balaban J connectivity index is 2.40. The van der Waals surface area contributed by atoms with Crippen LogP contribution in [0.4, 0.5) is 17.6 Å². The highest BCUT2D eigenvalue weighted by atomic mass is 32.2. The summed E-state index contributed by atoms with van der Waals surface area (Å²) in [5, 5.41) is 1.36. The summed E-state index contributed by atoms with van der Waals surface area (Å²) in [5.74, 6) is -0.943. The van der Waals surface area contributed by atoms with Crippen LogP contribution in [0, 0.1) is 5.82 Å². The molecule has 134 valence electrons. The molecular weight excluding hydrogens is 348 g/mol. The van der Waals surface area contributed by atoms with Gasteiger partial charge in [0.1, 0.15) is 11.1 Å². The third-order valence-electron chi connectivity index (χ3n) is 3.84. The van der Waals surface area contributed by atoms with Crippen LogP contribution in [0.3, 0.4) is 0 Å². The summed E-state index contributed by atoms with van der Waals surface area (Å²) in [7, 11) is -4.19. The normalized spacial score (nSPS) is 18.3. The van der Waals surface area contributed by atoms with E-state index in [0.717, 1.165) is 6.08 Å². The summed E-state index contributed by atoms with van der Waals surface area (Å²) < 4.78 is 80.4. The predicted molar refractivity (Wildman–Crippen MR) is 82.3 cm³/mol. The molecule has 0 aromatic heterocycles. The van der Waals surface area contributed by atoms with E-state index >= 15 is 0 Å². The lowest BCUT2D eigenvalue weighted by molar-refractivity contribution is -0.138. The van der Waals surface area contributed by atoms with Crippen LogP contribution < -0.4 is 10.0 Å². The molecule has 1 aliphatic rings. The van der Waals surface area contributed by atoms with E-state index in [1.54, 1.807) is 0 Å². The first-order valence-electron chi connectivity index (χ1n) is 7.36. The van der Waals surface area contributed by atoms with E-state index in [2.05, 4.69) is 16.6 Å². The van der Waals surface area contributed by atoms with Crippen LogP contribution in [0.25, 0.3) is 0 Å². The largest absolute Gasteiger partial charge is 0.416 e. The molecule has 2 rings (SSSR count). The summed E-state index contributed by atoms with van der Waals surface area (Å²) in [6.07, 6.45) is -2.86. The number of piperidine rings is 1. The molecule has 1 fully saturated rings. The van der Waals surface area contributed by atoms with Crippen molar-refractivity contribution in [1.82, 2.24) is 10.0 Å². The maximum atomic E-state index is 13.5. The summed E-state index contributed by atoms with van der Waals surface area (Å²) in [6.45, 7) is 4.55. The molecule has 0 saturated carbocycles. The third-order valence-corrected chi connectivity index (χ3v) is 5.62. The van der Waals surface area contributed by atoms with E-state index in [-0.39, 0.29) is 6.04 Å². The van der Waals surface area contributed by atoms with Gasteiger partial charge in [0.2, 0.25) is 10.0 Å². The molecule has 4 nitrogen and oxygen atoms in total. The standard InChI is InChI=1S/C15H18F4N2O2S/c1-2-14(24(22,23)21-11-5-7-20-8-6-11)12-9-10(16)3-4-13(12)15(17,18)19/h2-4,9,11,14,20-21H,1,5-8H2. The first kappa shape index (κ1) is 18.9. The highest BCUT2D eigenvalue weighted by Crippen LogP contribution is 2.37. The van der Waals surface area contributed by atoms with Crippen molar-refractivity contribution >= 4 is 10.0 Å². The van der Waals surface area contributed by atoms with Crippen molar-refractivity contribution in [2.75, 3.05) is 13.1 Å². The number of hydrogen-bond donors (Lipinski definition) is 2. The lowest BCUT2D eigenvalue weighted by atomic mass is 10.0. The first-order valence-corrected chi connectivity index (χ1v) is 8.91. The Morgan fingerprint density at radius 1 is 1.29 bits per heavy atom. The molecule has 9 heteroatoms. The van der Waals surface area contributed by atoms with Gasteiger partial charge in [0, 0.05) is 6.04 Å². The van der Waals surface area contributed by atoms with E-state index < -0.39 is 38.4 Å². The Morgan fingerprint density at radius 3 is 2.46 bits per heavy atom. The fourth-order valence-corrected chi connectivity index (χ4v) is 4.32. The molecule has 1 unspecified atom stereocenters. The SMILES string of the molecule is C=CC(c1cc(F)ccc1C(F)(F)F)S(=O)(=O)NC1CCNCC1. The van der Waals surface area contributed by atoms with E-state index in [0.29, 0.717) is 44.1 Å². The number of benzene rings is 1. The van der Waals surface area contributed by atoms with E-state index in [1.807, 2.05) is 0 Å². The Hall–Kier alpha value is -1.45. The Bertz CT molecular complexity index is 698. The van der Waals surface area contributed by atoms with Crippen molar-refractivity contribution in [3.63, 3.8) is 0 Å². The van der Waals surface area contributed by atoms with Gasteiger partial charge in [0.15, 0.2) is 0 Å². The molecule has 1 atom stereocenters. The Morgan fingerprint density at radius 2 is 1.92 bits per heavy atom. The zero-order valence-corrected chi connectivity index (χ0v) is 13.6. The van der Waals surface area contributed by atoms with Crippen molar-refractivity contribution in [2.24, 2.45) is 0 Å². The minimum atomic E-state index is -4.80. The number of halogens is 4. The number of alkyl halides is 3. The average Bonchev–Trinajstić information content (AvgIpc) is 2.47. The lowest BCUT2D eigenvalue weighted by Crippen LogP contribution is -2.44. The maximum Gasteiger partial charge on any atom is 0.416 e. The van der Waals surface area contributed by atoms with Crippen LogP contribution in [0.15, 0.2) is 30.9 Å². The number of rotatable bonds is 5. The van der Waals surface area contributed by atoms with Gasteiger partial charge in [-0.25, -0.2) is 17.5 Å². The Kier molecular flexibility index (Phi) is 5.67. The van der Waals surface area contributed by atoms with Crippen molar-refractivity contribution in [2.45, 2.75) is 30.3 Å². The molecular formula is C15H18F4N2O2S. The summed E-state index contributed by atoms with van der Waals surface area (Å²) in [4.78, 5) is 0. The van der Waals surface area contributed by atoms with Gasteiger partial charge in [-0.15, -0.1) is 6.58 Å².